The maximum atomic E-state index is 13.6. The first-order chi connectivity index (χ1) is 10.7. The summed E-state index contributed by atoms with van der Waals surface area (Å²) >= 11 is 1.53. The maximum Gasteiger partial charge on any atom is 0.254 e. The Labute approximate surface area is 133 Å². The van der Waals surface area contributed by atoms with Crippen LogP contribution in [0, 0.1) is 5.82 Å². The maximum absolute atomic E-state index is 13.6. The summed E-state index contributed by atoms with van der Waals surface area (Å²) in [7, 11) is 0. The fraction of sp³-hybridized carbons (Fsp3) is 0.353. The van der Waals surface area contributed by atoms with Crippen LogP contribution in [0.3, 0.4) is 0 Å². The zero-order chi connectivity index (χ0) is 15.5. The number of anilines is 1. The van der Waals surface area contributed by atoms with Crippen molar-refractivity contribution in [1.82, 2.24) is 5.32 Å². The van der Waals surface area contributed by atoms with Crippen LogP contribution >= 0.6 is 11.3 Å². The Hall–Kier alpha value is -1.88. The number of nitrogens with two attached hydrogens (primary N) is 1. The molecule has 1 aromatic carbocycles. The highest BCUT2D eigenvalue weighted by molar-refractivity contribution is 7.16. The van der Waals surface area contributed by atoms with Gasteiger partial charge in [-0.3, -0.25) is 4.79 Å². The third-order valence-corrected chi connectivity index (χ3v) is 5.19. The van der Waals surface area contributed by atoms with E-state index in [2.05, 4.69) is 5.32 Å². The minimum atomic E-state index is -0.306. The second-order valence-corrected chi connectivity index (χ2v) is 6.71. The van der Waals surface area contributed by atoms with Gasteiger partial charge >= 0.3 is 0 Å². The lowest BCUT2D eigenvalue weighted by atomic mass is 10.0. The molecule has 1 aliphatic carbocycles. The number of aryl methyl sites for hydroxylation is 1. The van der Waals surface area contributed by atoms with Gasteiger partial charge in [-0.05, 0) is 37.3 Å². The molecule has 1 aromatic heterocycles. The Morgan fingerprint density at radius 2 is 2.00 bits per heavy atom. The third kappa shape index (κ3) is 2.99. The SMILES string of the molecule is Nc1sc2c(c1C(=O)NCc1ccccc1F)CCCCC2. The molecule has 1 heterocycles. The number of nitrogens with one attached hydrogen (secondary N) is 1. The van der Waals surface area contributed by atoms with Crippen molar-refractivity contribution in [2.75, 3.05) is 5.73 Å². The van der Waals surface area contributed by atoms with Gasteiger partial charge in [0, 0.05) is 17.0 Å². The van der Waals surface area contributed by atoms with Crippen LogP contribution in [0.15, 0.2) is 24.3 Å². The molecule has 0 unspecified atom stereocenters. The largest absolute Gasteiger partial charge is 0.390 e. The van der Waals surface area contributed by atoms with Crippen molar-refractivity contribution in [3.8, 4) is 0 Å². The van der Waals surface area contributed by atoms with Crippen LogP contribution in [0.25, 0.3) is 0 Å². The molecule has 0 spiro atoms. The van der Waals surface area contributed by atoms with Crippen molar-refractivity contribution < 1.29 is 9.18 Å². The summed E-state index contributed by atoms with van der Waals surface area (Å²) in [5.41, 5.74) is 8.25. The summed E-state index contributed by atoms with van der Waals surface area (Å²) in [6, 6.07) is 6.46. The van der Waals surface area contributed by atoms with Crippen molar-refractivity contribution in [1.29, 1.82) is 0 Å². The van der Waals surface area contributed by atoms with Crippen molar-refractivity contribution in [3.63, 3.8) is 0 Å². The van der Waals surface area contributed by atoms with E-state index in [0.717, 1.165) is 31.2 Å². The highest BCUT2D eigenvalue weighted by atomic mass is 32.1. The van der Waals surface area contributed by atoms with E-state index in [0.29, 0.717) is 16.1 Å². The second kappa shape index (κ2) is 6.48. The molecule has 3 rings (SSSR count). The normalized spacial score (nSPS) is 14.2. The first kappa shape index (κ1) is 15.0. The molecular formula is C17H19FN2OS. The lowest BCUT2D eigenvalue weighted by molar-refractivity contribution is 0.0951. The van der Waals surface area contributed by atoms with Gasteiger partial charge in [0.2, 0.25) is 0 Å². The van der Waals surface area contributed by atoms with Crippen LogP contribution in [0.4, 0.5) is 9.39 Å². The van der Waals surface area contributed by atoms with Gasteiger partial charge < -0.3 is 11.1 Å². The van der Waals surface area contributed by atoms with E-state index < -0.39 is 0 Å². The Morgan fingerprint density at radius 3 is 2.82 bits per heavy atom. The summed E-state index contributed by atoms with van der Waals surface area (Å²) in [6.07, 6.45) is 5.36. The molecule has 0 saturated heterocycles. The lowest BCUT2D eigenvalue weighted by Gasteiger charge is -2.08. The third-order valence-electron chi connectivity index (χ3n) is 4.07. The minimum Gasteiger partial charge on any atom is -0.390 e. The molecule has 0 bridgehead atoms. The Bertz CT molecular complexity index is 696. The fourth-order valence-electron chi connectivity index (χ4n) is 2.92. The average molecular weight is 318 g/mol. The molecule has 5 heteroatoms. The van der Waals surface area contributed by atoms with Crippen LogP contribution in [0.2, 0.25) is 0 Å². The van der Waals surface area contributed by atoms with E-state index in [1.54, 1.807) is 18.2 Å². The molecule has 0 aliphatic heterocycles. The Morgan fingerprint density at radius 1 is 1.23 bits per heavy atom. The van der Waals surface area contributed by atoms with E-state index in [1.807, 2.05) is 0 Å². The average Bonchev–Trinajstić information content (AvgIpc) is 2.67. The number of amides is 1. The van der Waals surface area contributed by atoms with Gasteiger partial charge in [0.05, 0.1) is 10.6 Å². The zero-order valence-electron chi connectivity index (χ0n) is 12.3. The van der Waals surface area contributed by atoms with Crippen molar-refractivity contribution >= 4 is 22.2 Å². The number of fused-ring (bicyclic) bond motifs is 1. The summed E-state index contributed by atoms with van der Waals surface area (Å²) in [4.78, 5) is 13.7. The standard InChI is InChI=1S/C17H19FN2OS/c18-13-8-5-4-6-11(13)10-20-17(21)15-12-7-2-1-3-9-14(12)22-16(15)19/h4-6,8H,1-3,7,9-10,19H2,(H,20,21). The number of carbonyl (C=O) groups excluding carboxylic acids is 1. The van der Waals surface area contributed by atoms with Crippen molar-refractivity contribution in [3.05, 3.63) is 51.7 Å². The number of halogens is 1. The number of benzene rings is 1. The molecule has 116 valence electrons. The summed E-state index contributed by atoms with van der Waals surface area (Å²) in [5.74, 6) is -0.500. The minimum absolute atomic E-state index is 0.176. The predicted molar refractivity (Wildman–Crippen MR) is 87.6 cm³/mol. The molecule has 1 amide bonds. The summed E-state index contributed by atoms with van der Waals surface area (Å²) < 4.78 is 13.6. The number of rotatable bonds is 3. The number of hydrogen-bond donors (Lipinski definition) is 2. The molecule has 22 heavy (non-hydrogen) atoms. The quantitative estimate of drug-likeness (QED) is 0.848. The molecule has 0 atom stereocenters. The number of thiophene rings is 1. The fourth-order valence-corrected chi connectivity index (χ4v) is 4.08. The van der Waals surface area contributed by atoms with E-state index in [1.165, 1.54) is 28.7 Å². The highest BCUT2D eigenvalue weighted by Gasteiger charge is 2.23. The lowest BCUT2D eigenvalue weighted by Crippen LogP contribution is -2.24. The molecule has 3 nitrogen and oxygen atoms in total. The molecule has 1 aliphatic rings. The number of hydrogen-bond acceptors (Lipinski definition) is 3. The van der Waals surface area contributed by atoms with Crippen LogP contribution in [-0.2, 0) is 19.4 Å². The zero-order valence-corrected chi connectivity index (χ0v) is 13.1. The van der Waals surface area contributed by atoms with Crippen LogP contribution in [0.1, 0.15) is 45.6 Å². The van der Waals surface area contributed by atoms with Gasteiger partial charge in [-0.1, -0.05) is 24.6 Å². The monoisotopic (exact) mass is 318 g/mol. The first-order valence-corrected chi connectivity index (χ1v) is 8.40. The van der Waals surface area contributed by atoms with E-state index in [9.17, 15) is 9.18 Å². The molecule has 0 radical (unpaired) electrons. The highest BCUT2D eigenvalue weighted by Crippen LogP contribution is 2.35. The number of nitrogen functional groups attached to an aromatic ring is 1. The molecule has 3 N–H and O–H groups in total. The van der Waals surface area contributed by atoms with Gasteiger partial charge in [0.1, 0.15) is 5.82 Å². The van der Waals surface area contributed by atoms with Crippen LogP contribution in [0.5, 0.6) is 0 Å². The Kier molecular flexibility index (Phi) is 4.43. The van der Waals surface area contributed by atoms with Gasteiger partial charge in [0.25, 0.3) is 5.91 Å². The van der Waals surface area contributed by atoms with Crippen LogP contribution in [-0.4, -0.2) is 5.91 Å². The van der Waals surface area contributed by atoms with Crippen LogP contribution < -0.4 is 11.1 Å². The van der Waals surface area contributed by atoms with Gasteiger partial charge in [0.15, 0.2) is 0 Å². The second-order valence-electron chi connectivity index (χ2n) is 5.58. The van der Waals surface area contributed by atoms with Gasteiger partial charge in [-0.25, -0.2) is 4.39 Å². The predicted octanol–water partition coefficient (Wildman–Crippen LogP) is 3.67. The Balaban J connectivity index is 1.78. The van der Waals surface area contributed by atoms with Crippen molar-refractivity contribution in [2.45, 2.75) is 38.6 Å². The molecule has 0 saturated carbocycles. The van der Waals surface area contributed by atoms with E-state index in [-0.39, 0.29) is 18.3 Å². The first-order valence-electron chi connectivity index (χ1n) is 7.58. The summed E-state index contributed by atoms with van der Waals surface area (Å²) in [5, 5.41) is 3.38. The van der Waals surface area contributed by atoms with Crippen molar-refractivity contribution in [2.24, 2.45) is 0 Å². The molecule has 2 aromatic rings. The molecule has 0 fully saturated rings. The smallest absolute Gasteiger partial charge is 0.254 e. The van der Waals surface area contributed by atoms with Gasteiger partial charge in [-0.2, -0.15) is 0 Å². The van der Waals surface area contributed by atoms with E-state index in [4.69, 9.17) is 5.73 Å². The number of carbonyl (C=O) groups is 1. The van der Waals surface area contributed by atoms with Gasteiger partial charge in [-0.15, -0.1) is 11.3 Å². The molecular weight excluding hydrogens is 299 g/mol. The van der Waals surface area contributed by atoms with E-state index >= 15 is 0 Å². The topological polar surface area (TPSA) is 55.1 Å². The summed E-state index contributed by atoms with van der Waals surface area (Å²) in [6.45, 7) is 0.176.